The summed E-state index contributed by atoms with van der Waals surface area (Å²) < 4.78 is 10.6. The number of anilines is 1. The normalized spacial score (nSPS) is 16.2. The summed E-state index contributed by atoms with van der Waals surface area (Å²) in [5.41, 5.74) is 11.0. The van der Waals surface area contributed by atoms with Crippen molar-refractivity contribution in [3.8, 4) is 0 Å². The molecule has 0 spiro atoms. The zero-order valence-corrected chi connectivity index (χ0v) is 26.8. The van der Waals surface area contributed by atoms with Gasteiger partial charge in [0.1, 0.15) is 29.3 Å². The second kappa shape index (κ2) is 14.9. The number of fused-ring (bicyclic) bond motifs is 1. The molecule has 0 bridgehead atoms. The van der Waals surface area contributed by atoms with E-state index in [4.69, 9.17) is 20.6 Å². The first-order valence-corrected chi connectivity index (χ1v) is 15.1. The molecule has 14 heteroatoms. The molecule has 2 heterocycles. The number of aliphatic imine (C=N–C) groups is 1. The van der Waals surface area contributed by atoms with Crippen LogP contribution in [-0.2, 0) is 19.1 Å². The van der Waals surface area contributed by atoms with Crippen molar-refractivity contribution in [2.75, 3.05) is 18.4 Å². The predicted octanol–water partition coefficient (Wildman–Crippen LogP) is 2.12. The minimum Gasteiger partial charge on any atom is -0.444 e. The van der Waals surface area contributed by atoms with Crippen molar-refractivity contribution < 1.29 is 28.3 Å². The number of carbonyl (C=O) groups is 4. The summed E-state index contributed by atoms with van der Waals surface area (Å²) in [6.45, 7) is 11.1. The number of benzene rings is 1. The Hall–Kier alpha value is -4.62. The molecule has 45 heavy (non-hydrogen) atoms. The fourth-order valence-electron chi connectivity index (χ4n) is 5.10. The van der Waals surface area contributed by atoms with Crippen LogP contribution >= 0.6 is 0 Å². The minimum absolute atomic E-state index is 0.0900. The fourth-order valence-corrected chi connectivity index (χ4v) is 5.10. The van der Waals surface area contributed by atoms with Gasteiger partial charge in [-0.1, -0.05) is 13.8 Å². The number of nitrogens with zero attached hydrogens (tertiary/aromatic N) is 2. The van der Waals surface area contributed by atoms with Gasteiger partial charge in [-0.25, -0.2) is 9.59 Å². The van der Waals surface area contributed by atoms with Crippen LogP contribution < -0.4 is 33.0 Å². The maximum absolute atomic E-state index is 13.6. The van der Waals surface area contributed by atoms with Gasteiger partial charge >= 0.3 is 11.7 Å². The SMILES string of the molecule is Cc1cc(=O)oc2cc(NC(=O)[C@H](CCCN=C(N)N)NC(=O)[C@H]3CCCN3C(=O)[C@H](NC(=O)OC(C)(C)C)C(C)C)ccc12. The number of hydrogen-bond acceptors (Lipinski definition) is 8. The van der Waals surface area contributed by atoms with E-state index in [1.807, 2.05) is 0 Å². The number of guanidine groups is 1. The maximum atomic E-state index is 13.6. The van der Waals surface area contributed by atoms with E-state index in [1.165, 1.54) is 11.0 Å². The molecule has 0 radical (unpaired) electrons. The van der Waals surface area contributed by atoms with E-state index in [-0.39, 0.29) is 24.8 Å². The molecular formula is C31H45N7O7. The van der Waals surface area contributed by atoms with Gasteiger partial charge in [-0.05, 0) is 77.0 Å². The molecule has 1 aromatic carbocycles. The lowest BCUT2D eigenvalue weighted by atomic mass is 10.0. The number of likely N-dealkylation sites (tertiary alicyclic amines) is 1. The van der Waals surface area contributed by atoms with Crippen LogP contribution in [0.1, 0.15) is 65.9 Å². The summed E-state index contributed by atoms with van der Waals surface area (Å²) in [5, 5.41) is 8.96. The van der Waals surface area contributed by atoms with Crippen LogP contribution in [0.2, 0.25) is 0 Å². The quantitative estimate of drug-likeness (QED) is 0.107. The molecule has 1 aliphatic heterocycles. The lowest BCUT2D eigenvalue weighted by Gasteiger charge is -2.31. The molecule has 3 atom stereocenters. The smallest absolute Gasteiger partial charge is 0.408 e. The van der Waals surface area contributed by atoms with E-state index < -0.39 is 53.2 Å². The highest BCUT2D eigenvalue weighted by atomic mass is 16.6. The summed E-state index contributed by atoms with van der Waals surface area (Å²) in [4.78, 5) is 70.4. The molecular weight excluding hydrogens is 582 g/mol. The monoisotopic (exact) mass is 627 g/mol. The number of carbonyl (C=O) groups excluding carboxylic acids is 4. The molecule has 7 N–H and O–H groups in total. The molecule has 0 unspecified atom stereocenters. The van der Waals surface area contributed by atoms with Gasteiger partial charge in [0.2, 0.25) is 17.7 Å². The zero-order chi connectivity index (χ0) is 33.5. The molecule has 0 aliphatic carbocycles. The summed E-state index contributed by atoms with van der Waals surface area (Å²) in [5.74, 6) is -1.78. The Morgan fingerprint density at radius 1 is 1.13 bits per heavy atom. The van der Waals surface area contributed by atoms with Crippen LogP contribution in [0, 0.1) is 12.8 Å². The first-order chi connectivity index (χ1) is 21.1. The number of alkyl carbamates (subject to hydrolysis) is 1. The molecule has 3 rings (SSSR count). The molecule has 1 saturated heterocycles. The lowest BCUT2D eigenvalue weighted by Crippen LogP contribution is -2.57. The van der Waals surface area contributed by atoms with Crippen molar-refractivity contribution in [2.24, 2.45) is 22.4 Å². The average Bonchev–Trinajstić information content (AvgIpc) is 3.41. The molecule has 0 saturated carbocycles. The van der Waals surface area contributed by atoms with Crippen molar-refractivity contribution in [3.63, 3.8) is 0 Å². The minimum atomic E-state index is -0.995. The summed E-state index contributed by atoms with van der Waals surface area (Å²) in [6, 6.07) is 3.58. The number of ether oxygens (including phenoxy) is 1. The number of hydrogen-bond donors (Lipinski definition) is 5. The Labute approximate surface area is 262 Å². The highest BCUT2D eigenvalue weighted by Gasteiger charge is 2.40. The highest BCUT2D eigenvalue weighted by molar-refractivity contribution is 6.00. The van der Waals surface area contributed by atoms with Gasteiger partial charge in [0.15, 0.2) is 5.96 Å². The third kappa shape index (κ3) is 9.95. The van der Waals surface area contributed by atoms with E-state index in [0.29, 0.717) is 37.1 Å². The fraction of sp³-hybridized carbons (Fsp3) is 0.548. The van der Waals surface area contributed by atoms with E-state index >= 15 is 0 Å². The van der Waals surface area contributed by atoms with Crippen LogP contribution in [0.15, 0.2) is 38.5 Å². The maximum Gasteiger partial charge on any atom is 0.408 e. The second-order valence-corrected chi connectivity index (χ2v) is 12.5. The van der Waals surface area contributed by atoms with Gasteiger partial charge in [-0.2, -0.15) is 0 Å². The largest absolute Gasteiger partial charge is 0.444 e. The van der Waals surface area contributed by atoms with Crippen LogP contribution in [-0.4, -0.2) is 71.5 Å². The standard InChI is InChI=1S/C31H45N7O7/c1-17(2)25(37-30(43)45-31(4,5)6)28(42)38-14-8-10-22(38)27(41)36-21(9-7-13-34-29(32)33)26(40)35-19-11-12-20-18(3)15-24(39)44-23(20)16-19/h11-12,15-17,21-22,25H,7-10,13-14H2,1-6H3,(H,35,40)(H,36,41)(H,37,43)(H4,32,33,34)/t21-,22+,25+/m0/s1. The van der Waals surface area contributed by atoms with Crippen LogP contribution in [0.3, 0.4) is 0 Å². The number of nitrogens with one attached hydrogen (secondary N) is 3. The summed E-state index contributed by atoms with van der Waals surface area (Å²) in [7, 11) is 0. The van der Waals surface area contributed by atoms with Crippen molar-refractivity contribution in [3.05, 3.63) is 40.2 Å². The highest BCUT2D eigenvalue weighted by Crippen LogP contribution is 2.23. The van der Waals surface area contributed by atoms with Crippen LogP contribution in [0.5, 0.6) is 0 Å². The Morgan fingerprint density at radius 2 is 1.84 bits per heavy atom. The molecule has 1 fully saturated rings. The zero-order valence-electron chi connectivity index (χ0n) is 26.8. The van der Waals surface area contributed by atoms with Gasteiger partial charge in [0.25, 0.3) is 0 Å². The molecule has 4 amide bonds. The molecule has 2 aromatic rings. The van der Waals surface area contributed by atoms with E-state index in [2.05, 4.69) is 20.9 Å². The summed E-state index contributed by atoms with van der Waals surface area (Å²) in [6.07, 6.45) is 0.816. The predicted molar refractivity (Wildman–Crippen MR) is 170 cm³/mol. The van der Waals surface area contributed by atoms with Crippen molar-refractivity contribution in [1.29, 1.82) is 0 Å². The number of aryl methyl sites for hydroxylation is 1. The van der Waals surface area contributed by atoms with Crippen molar-refractivity contribution in [1.82, 2.24) is 15.5 Å². The van der Waals surface area contributed by atoms with Gasteiger partial charge in [0.05, 0.1) is 0 Å². The number of nitrogens with two attached hydrogens (primary N) is 2. The van der Waals surface area contributed by atoms with Gasteiger partial charge in [0, 0.05) is 36.3 Å². The second-order valence-electron chi connectivity index (χ2n) is 12.5. The van der Waals surface area contributed by atoms with Gasteiger partial charge in [-0.15, -0.1) is 0 Å². The van der Waals surface area contributed by atoms with Crippen molar-refractivity contribution in [2.45, 2.75) is 91.0 Å². The molecule has 1 aromatic heterocycles. The average molecular weight is 628 g/mol. The van der Waals surface area contributed by atoms with E-state index in [0.717, 1.165) is 10.9 Å². The Bertz CT molecular complexity index is 1490. The Morgan fingerprint density at radius 3 is 2.49 bits per heavy atom. The van der Waals surface area contributed by atoms with Crippen molar-refractivity contribution >= 4 is 46.4 Å². The number of rotatable bonds is 11. The first-order valence-electron chi connectivity index (χ1n) is 15.1. The topological polar surface area (TPSA) is 211 Å². The lowest BCUT2D eigenvalue weighted by molar-refractivity contribution is -0.141. The van der Waals surface area contributed by atoms with E-state index in [1.54, 1.807) is 59.7 Å². The summed E-state index contributed by atoms with van der Waals surface area (Å²) >= 11 is 0. The van der Waals surface area contributed by atoms with Gasteiger partial charge < -0.3 is 41.5 Å². The molecule has 1 aliphatic rings. The Kier molecular flexibility index (Phi) is 11.5. The van der Waals surface area contributed by atoms with Crippen LogP contribution in [0.4, 0.5) is 10.5 Å². The van der Waals surface area contributed by atoms with Crippen LogP contribution in [0.25, 0.3) is 11.0 Å². The molecule has 14 nitrogen and oxygen atoms in total. The number of amides is 4. The molecule has 246 valence electrons. The third-order valence-corrected chi connectivity index (χ3v) is 7.24. The van der Waals surface area contributed by atoms with E-state index in [9.17, 15) is 24.0 Å². The first kappa shape index (κ1) is 34.9. The van der Waals surface area contributed by atoms with Gasteiger partial charge in [-0.3, -0.25) is 19.4 Å². The third-order valence-electron chi connectivity index (χ3n) is 7.24. The Balaban J connectivity index is 1.77.